The lowest BCUT2D eigenvalue weighted by atomic mass is 10.2. The monoisotopic (exact) mass is 294 g/mol. The number of imidazole rings is 1. The number of rotatable bonds is 4. The number of carbonyl (C=O) groups is 1. The third-order valence-electron chi connectivity index (χ3n) is 3.14. The van der Waals surface area contributed by atoms with Gasteiger partial charge in [-0.05, 0) is 23.8 Å². The normalized spacial score (nSPS) is 10.4. The van der Waals surface area contributed by atoms with Crippen LogP contribution in [0.3, 0.4) is 0 Å². The molecule has 0 aliphatic heterocycles. The maximum atomic E-state index is 11.4. The van der Waals surface area contributed by atoms with E-state index in [2.05, 4.69) is 19.7 Å². The fourth-order valence-corrected chi connectivity index (χ4v) is 2.05. The van der Waals surface area contributed by atoms with Gasteiger partial charge in [-0.1, -0.05) is 12.1 Å². The number of carbonyl (C=O) groups excluding carboxylic acids is 1. The van der Waals surface area contributed by atoms with Gasteiger partial charge in [-0.15, -0.1) is 0 Å². The molecular weight excluding hydrogens is 280 g/mol. The molecule has 0 fully saturated rings. The van der Waals surface area contributed by atoms with Crippen LogP contribution in [-0.4, -0.2) is 32.6 Å². The molecule has 0 N–H and O–H groups in total. The third kappa shape index (κ3) is 3.01. The van der Waals surface area contributed by atoms with Gasteiger partial charge in [0.15, 0.2) is 5.69 Å². The summed E-state index contributed by atoms with van der Waals surface area (Å²) in [6.07, 6.45) is 6.78. The number of ether oxygens (including phenoxy) is 1. The van der Waals surface area contributed by atoms with Crippen LogP contribution in [0.2, 0.25) is 0 Å². The van der Waals surface area contributed by atoms with Gasteiger partial charge in [0.2, 0.25) is 0 Å². The van der Waals surface area contributed by atoms with Crippen LogP contribution in [0.4, 0.5) is 0 Å². The minimum absolute atomic E-state index is 0.292. The quantitative estimate of drug-likeness (QED) is 0.690. The summed E-state index contributed by atoms with van der Waals surface area (Å²) in [7, 11) is 1.33. The first-order valence-electron chi connectivity index (χ1n) is 6.72. The average molecular weight is 294 g/mol. The lowest BCUT2D eigenvalue weighted by Crippen LogP contribution is -2.02. The molecule has 0 aromatic carbocycles. The summed E-state index contributed by atoms with van der Waals surface area (Å²) in [5.74, 6) is -0.442. The fraction of sp³-hybridized carbons (Fsp3) is 0.125. The second-order valence-corrected chi connectivity index (χ2v) is 4.69. The van der Waals surface area contributed by atoms with Crippen molar-refractivity contribution in [3.8, 4) is 11.4 Å². The van der Waals surface area contributed by atoms with Crippen molar-refractivity contribution in [2.45, 2.75) is 6.54 Å². The molecule has 0 amide bonds. The lowest BCUT2D eigenvalue weighted by Gasteiger charge is -2.04. The van der Waals surface area contributed by atoms with Crippen molar-refractivity contribution in [1.29, 1.82) is 0 Å². The Balaban J connectivity index is 1.74. The van der Waals surface area contributed by atoms with Gasteiger partial charge in [0.25, 0.3) is 0 Å². The Morgan fingerprint density at radius 1 is 1.14 bits per heavy atom. The molecule has 0 atom stereocenters. The summed E-state index contributed by atoms with van der Waals surface area (Å²) in [6, 6.07) is 9.62. The summed E-state index contributed by atoms with van der Waals surface area (Å²) in [4.78, 5) is 24.1. The molecule has 110 valence electrons. The molecule has 6 nitrogen and oxygen atoms in total. The highest BCUT2D eigenvalue weighted by atomic mass is 16.5. The molecule has 0 spiro atoms. The topological polar surface area (TPSA) is 69.9 Å². The maximum Gasteiger partial charge on any atom is 0.358 e. The van der Waals surface area contributed by atoms with E-state index in [1.807, 2.05) is 34.9 Å². The second kappa shape index (κ2) is 6.17. The molecule has 3 aromatic rings. The minimum atomic E-state index is -0.442. The van der Waals surface area contributed by atoms with Crippen LogP contribution < -0.4 is 0 Å². The van der Waals surface area contributed by atoms with Gasteiger partial charge in [0.05, 0.1) is 31.4 Å². The number of hydrogen-bond acceptors (Lipinski definition) is 5. The first kappa shape index (κ1) is 13.9. The molecule has 0 radical (unpaired) electrons. The van der Waals surface area contributed by atoms with Crippen LogP contribution in [0.1, 0.15) is 16.1 Å². The number of nitrogens with zero attached hydrogens (tertiary/aromatic N) is 4. The summed E-state index contributed by atoms with van der Waals surface area (Å²) >= 11 is 0. The fourth-order valence-electron chi connectivity index (χ4n) is 2.05. The number of methoxy groups -OCH3 is 1. The maximum absolute atomic E-state index is 11.4. The zero-order valence-corrected chi connectivity index (χ0v) is 12.0. The molecule has 6 heteroatoms. The Labute approximate surface area is 127 Å². The van der Waals surface area contributed by atoms with Crippen LogP contribution in [-0.2, 0) is 11.3 Å². The number of esters is 1. The van der Waals surface area contributed by atoms with Crippen LogP contribution in [0.15, 0.2) is 55.2 Å². The highest BCUT2D eigenvalue weighted by molar-refractivity contribution is 5.86. The van der Waals surface area contributed by atoms with Crippen LogP contribution in [0.5, 0.6) is 0 Å². The Morgan fingerprint density at radius 2 is 2.00 bits per heavy atom. The van der Waals surface area contributed by atoms with E-state index in [1.165, 1.54) is 7.11 Å². The molecule has 3 aromatic heterocycles. The number of aromatic nitrogens is 4. The van der Waals surface area contributed by atoms with E-state index >= 15 is 0 Å². The molecule has 0 bridgehead atoms. The molecule has 0 aliphatic carbocycles. The predicted molar refractivity (Wildman–Crippen MR) is 80.1 cm³/mol. The third-order valence-corrected chi connectivity index (χ3v) is 3.14. The zero-order valence-electron chi connectivity index (χ0n) is 12.0. The van der Waals surface area contributed by atoms with Crippen molar-refractivity contribution in [1.82, 2.24) is 19.5 Å². The summed E-state index contributed by atoms with van der Waals surface area (Å²) < 4.78 is 6.44. The first-order valence-corrected chi connectivity index (χ1v) is 6.72. The van der Waals surface area contributed by atoms with E-state index in [-0.39, 0.29) is 0 Å². The Morgan fingerprint density at radius 3 is 2.68 bits per heavy atom. The second-order valence-electron chi connectivity index (χ2n) is 4.69. The lowest BCUT2D eigenvalue weighted by molar-refractivity contribution is 0.0594. The molecule has 0 unspecified atom stereocenters. The van der Waals surface area contributed by atoms with Gasteiger partial charge in [0.1, 0.15) is 0 Å². The average Bonchev–Trinajstić information content (AvgIpc) is 3.04. The van der Waals surface area contributed by atoms with Gasteiger partial charge < -0.3 is 9.30 Å². The zero-order chi connectivity index (χ0) is 15.4. The summed E-state index contributed by atoms with van der Waals surface area (Å²) in [5.41, 5.74) is 2.96. The van der Waals surface area contributed by atoms with E-state index < -0.39 is 5.97 Å². The number of pyridine rings is 2. The Bertz CT molecular complexity index is 766. The summed E-state index contributed by atoms with van der Waals surface area (Å²) in [5, 5.41) is 0. The largest absolute Gasteiger partial charge is 0.464 e. The van der Waals surface area contributed by atoms with E-state index in [4.69, 9.17) is 0 Å². The molecule has 0 aliphatic rings. The Kier molecular flexibility index (Phi) is 3.91. The van der Waals surface area contributed by atoms with E-state index in [9.17, 15) is 4.79 Å². The smallest absolute Gasteiger partial charge is 0.358 e. The molecule has 0 saturated heterocycles. The van der Waals surface area contributed by atoms with Crippen molar-refractivity contribution in [3.63, 3.8) is 0 Å². The molecule has 3 heterocycles. The molecule has 22 heavy (non-hydrogen) atoms. The van der Waals surface area contributed by atoms with Crippen LogP contribution in [0, 0.1) is 0 Å². The van der Waals surface area contributed by atoms with Crippen molar-refractivity contribution in [2.24, 2.45) is 0 Å². The van der Waals surface area contributed by atoms with Gasteiger partial charge >= 0.3 is 5.97 Å². The SMILES string of the molecule is COC(=O)c1cn(Cc2ccc(-c3ccccn3)nc2)cn1. The van der Waals surface area contributed by atoms with Gasteiger partial charge in [-0.25, -0.2) is 9.78 Å². The van der Waals surface area contributed by atoms with E-state index in [1.54, 1.807) is 24.9 Å². The number of hydrogen-bond donors (Lipinski definition) is 0. The van der Waals surface area contributed by atoms with Gasteiger partial charge in [0, 0.05) is 18.6 Å². The van der Waals surface area contributed by atoms with Crippen LogP contribution >= 0.6 is 0 Å². The van der Waals surface area contributed by atoms with Crippen LogP contribution in [0.25, 0.3) is 11.4 Å². The first-order chi connectivity index (χ1) is 10.8. The van der Waals surface area contributed by atoms with Crippen molar-refractivity contribution in [2.75, 3.05) is 7.11 Å². The molecule has 3 rings (SSSR count). The van der Waals surface area contributed by atoms with Crippen molar-refractivity contribution >= 4 is 5.97 Å². The van der Waals surface area contributed by atoms with Crippen molar-refractivity contribution in [3.05, 3.63) is 66.5 Å². The van der Waals surface area contributed by atoms with Gasteiger partial charge in [-0.2, -0.15) is 0 Å². The highest BCUT2D eigenvalue weighted by Gasteiger charge is 2.09. The highest BCUT2D eigenvalue weighted by Crippen LogP contribution is 2.14. The van der Waals surface area contributed by atoms with E-state index in [0.29, 0.717) is 12.2 Å². The molecule has 0 saturated carbocycles. The van der Waals surface area contributed by atoms with E-state index in [0.717, 1.165) is 17.0 Å². The Hall–Kier alpha value is -3.02. The summed E-state index contributed by atoms with van der Waals surface area (Å²) in [6.45, 7) is 0.583. The standard InChI is InChI=1S/C16H14N4O2/c1-22-16(21)15-10-20(11-19-15)9-12-5-6-14(18-8-12)13-4-2-3-7-17-13/h2-8,10-11H,9H2,1H3. The minimum Gasteiger partial charge on any atom is -0.464 e. The predicted octanol–water partition coefficient (Wildman–Crippen LogP) is 2.17. The molecular formula is C16H14N4O2. The van der Waals surface area contributed by atoms with Crippen molar-refractivity contribution < 1.29 is 9.53 Å². The van der Waals surface area contributed by atoms with Gasteiger partial charge in [-0.3, -0.25) is 9.97 Å².